The summed E-state index contributed by atoms with van der Waals surface area (Å²) >= 11 is 1.45. The number of thioether (sulfide) groups is 1. The largest absolute Gasteiger partial charge is 0.315 e. The van der Waals surface area contributed by atoms with Crippen molar-refractivity contribution in [1.82, 2.24) is 9.55 Å². The second kappa shape index (κ2) is 7.57. The Hall–Kier alpha value is -2.53. The zero-order chi connectivity index (χ0) is 17.8. The molecule has 0 bridgehead atoms. The van der Waals surface area contributed by atoms with E-state index in [2.05, 4.69) is 31.0 Å². The van der Waals surface area contributed by atoms with Gasteiger partial charge in [-0.05, 0) is 43.2 Å². The molecule has 0 unspecified atom stereocenters. The molecule has 4 nitrogen and oxygen atoms in total. The van der Waals surface area contributed by atoms with Gasteiger partial charge in [-0.15, -0.1) is 0 Å². The summed E-state index contributed by atoms with van der Waals surface area (Å²) < 4.78 is 2.04. The lowest BCUT2D eigenvalue weighted by molar-refractivity contribution is -0.115. The average molecular weight is 351 g/mol. The Labute approximate surface area is 152 Å². The molecule has 0 aliphatic rings. The number of amides is 1. The van der Waals surface area contributed by atoms with Crippen LogP contribution in [0.3, 0.4) is 0 Å². The van der Waals surface area contributed by atoms with Crippen LogP contribution >= 0.6 is 11.8 Å². The van der Waals surface area contributed by atoms with Crippen LogP contribution in [0.5, 0.6) is 0 Å². The van der Waals surface area contributed by atoms with Crippen molar-refractivity contribution in [1.29, 1.82) is 0 Å². The Kier molecular flexibility index (Phi) is 5.24. The highest BCUT2D eigenvalue weighted by Gasteiger charge is 2.14. The molecule has 1 aromatic heterocycles. The van der Waals surface area contributed by atoms with Crippen LogP contribution in [0.4, 0.5) is 5.69 Å². The van der Waals surface area contributed by atoms with Crippen molar-refractivity contribution in [2.75, 3.05) is 17.7 Å². The van der Waals surface area contributed by atoms with Gasteiger partial charge >= 0.3 is 0 Å². The second-order valence-corrected chi connectivity index (χ2v) is 6.82. The first-order valence-corrected chi connectivity index (χ1v) is 9.11. The third kappa shape index (κ3) is 3.77. The van der Waals surface area contributed by atoms with Crippen LogP contribution in [0.25, 0.3) is 5.69 Å². The van der Waals surface area contributed by atoms with Gasteiger partial charge in [0.25, 0.3) is 0 Å². The van der Waals surface area contributed by atoms with Gasteiger partial charge in [0, 0.05) is 25.1 Å². The van der Waals surface area contributed by atoms with Crippen LogP contribution < -0.4 is 4.90 Å². The standard InChI is InChI=1S/C20H21N3OS/c1-15-8-7-11-18(16(15)2)23-13-12-21-20(23)25-14-19(24)22(3)17-9-5-4-6-10-17/h4-13H,14H2,1-3H3. The molecule has 0 saturated heterocycles. The van der Waals surface area contributed by atoms with Gasteiger partial charge in [-0.1, -0.05) is 42.1 Å². The molecule has 0 N–H and O–H groups in total. The van der Waals surface area contributed by atoms with E-state index in [1.165, 1.54) is 22.9 Å². The van der Waals surface area contributed by atoms with Gasteiger partial charge in [0.15, 0.2) is 5.16 Å². The predicted molar refractivity (Wildman–Crippen MR) is 104 cm³/mol. The van der Waals surface area contributed by atoms with E-state index in [-0.39, 0.29) is 5.91 Å². The third-order valence-electron chi connectivity index (χ3n) is 4.28. The van der Waals surface area contributed by atoms with E-state index in [9.17, 15) is 4.79 Å². The highest BCUT2D eigenvalue weighted by atomic mass is 32.2. The molecular weight excluding hydrogens is 330 g/mol. The quantitative estimate of drug-likeness (QED) is 0.645. The second-order valence-electron chi connectivity index (χ2n) is 5.88. The predicted octanol–water partition coefficient (Wildman–Crippen LogP) is 4.24. The highest BCUT2D eigenvalue weighted by molar-refractivity contribution is 7.99. The van der Waals surface area contributed by atoms with E-state index in [0.29, 0.717) is 5.75 Å². The minimum atomic E-state index is 0.0479. The number of benzene rings is 2. The van der Waals surface area contributed by atoms with E-state index in [1.54, 1.807) is 18.1 Å². The summed E-state index contributed by atoms with van der Waals surface area (Å²) in [5.41, 5.74) is 4.45. The van der Waals surface area contributed by atoms with Crippen LogP contribution in [-0.4, -0.2) is 28.3 Å². The van der Waals surface area contributed by atoms with Crippen LogP contribution in [0.1, 0.15) is 11.1 Å². The van der Waals surface area contributed by atoms with Gasteiger partial charge in [0.2, 0.25) is 5.91 Å². The van der Waals surface area contributed by atoms with Gasteiger partial charge in [-0.3, -0.25) is 9.36 Å². The van der Waals surface area contributed by atoms with E-state index < -0.39 is 0 Å². The molecule has 3 rings (SSSR count). The van der Waals surface area contributed by atoms with Crippen molar-refractivity contribution in [3.63, 3.8) is 0 Å². The lowest BCUT2D eigenvalue weighted by atomic mass is 10.1. The maximum Gasteiger partial charge on any atom is 0.237 e. The van der Waals surface area contributed by atoms with Crippen molar-refractivity contribution in [2.24, 2.45) is 0 Å². The van der Waals surface area contributed by atoms with Crippen molar-refractivity contribution < 1.29 is 4.79 Å². The first-order valence-electron chi connectivity index (χ1n) is 8.12. The van der Waals surface area contributed by atoms with Gasteiger partial charge < -0.3 is 4.90 Å². The number of hydrogen-bond acceptors (Lipinski definition) is 3. The van der Waals surface area contributed by atoms with Gasteiger partial charge in [0.05, 0.1) is 11.4 Å². The number of carbonyl (C=O) groups excluding carboxylic acids is 1. The number of anilines is 1. The number of nitrogens with zero attached hydrogens (tertiary/aromatic N) is 3. The fraction of sp³-hybridized carbons (Fsp3) is 0.200. The van der Waals surface area contributed by atoms with Crippen molar-refractivity contribution in [3.05, 3.63) is 72.1 Å². The molecule has 0 aliphatic heterocycles. The van der Waals surface area contributed by atoms with E-state index >= 15 is 0 Å². The SMILES string of the molecule is Cc1cccc(-n2ccnc2SCC(=O)N(C)c2ccccc2)c1C. The molecule has 0 atom stereocenters. The summed E-state index contributed by atoms with van der Waals surface area (Å²) in [7, 11) is 1.80. The number of aryl methyl sites for hydroxylation is 1. The average Bonchev–Trinajstić information content (AvgIpc) is 3.10. The monoisotopic (exact) mass is 351 g/mol. The smallest absolute Gasteiger partial charge is 0.237 e. The molecule has 1 amide bonds. The van der Waals surface area contributed by atoms with Crippen molar-refractivity contribution >= 4 is 23.4 Å². The van der Waals surface area contributed by atoms with E-state index in [0.717, 1.165) is 16.5 Å². The molecule has 25 heavy (non-hydrogen) atoms. The van der Waals surface area contributed by atoms with Gasteiger partial charge in [-0.25, -0.2) is 4.98 Å². The molecule has 128 valence electrons. The number of rotatable bonds is 5. The summed E-state index contributed by atoms with van der Waals surface area (Å²) in [6, 6.07) is 15.9. The molecule has 0 radical (unpaired) electrons. The minimum Gasteiger partial charge on any atom is -0.315 e. The fourth-order valence-electron chi connectivity index (χ4n) is 2.60. The number of imidazole rings is 1. The molecule has 2 aromatic carbocycles. The molecule has 0 spiro atoms. The number of aromatic nitrogens is 2. The molecule has 0 saturated carbocycles. The summed E-state index contributed by atoms with van der Waals surface area (Å²) in [6.45, 7) is 4.20. The summed E-state index contributed by atoms with van der Waals surface area (Å²) in [6.07, 6.45) is 3.71. The van der Waals surface area contributed by atoms with Crippen LogP contribution in [0.15, 0.2) is 66.1 Å². The van der Waals surface area contributed by atoms with E-state index in [4.69, 9.17) is 0 Å². The molecular formula is C20H21N3OS. The first-order chi connectivity index (χ1) is 12.1. The minimum absolute atomic E-state index is 0.0479. The Morgan fingerprint density at radius 1 is 1.12 bits per heavy atom. The molecule has 1 heterocycles. The normalized spacial score (nSPS) is 10.7. The Bertz CT molecular complexity index is 874. The van der Waals surface area contributed by atoms with Crippen molar-refractivity contribution in [3.8, 4) is 5.69 Å². The lowest BCUT2D eigenvalue weighted by Gasteiger charge is -2.17. The van der Waals surface area contributed by atoms with Crippen molar-refractivity contribution in [2.45, 2.75) is 19.0 Å². The van der Waals surface area contributed by atoms with Crippen LogP contribution in [0.2, 0.25) is 0 Å². The van der Waals surface area contributed by atoms with E-state index in [1.807, 2.05) is 47.2 Å². The maximum atomic E-state index is 12.5. The summed E-state index contributed by atoms with van der Waals surface area (Å²) in [5.74, 6) is 0.388. The molecule has 0 aliphatic carbocycles. The van der Waals surface area contributed by atoms with Crippen LogP contribution in [-0.2, 0) is 4.79 Å². The molecule has 3 aromatic rings. The van der Waals surface area contributed by atoms with Gasteiger partial charge in [-0.2, -0.15) is 0 Å². The third-order valence-corrected chi connectivity index (χ3v) is 5.24. The fourth-order valence-corrected chi connectivity index (χ4v) is 3.48. The number of hydrogen-bond donors (Lipinski definition) is 0. The number of carbonyl (C=O) groups is 1. The zero-order valence-corrected chi connectivity index (χ0v) is 15.5. The highest BCUT2D eigenvalue weighted by Crippen LogP contribution is 2.25. The summed E-state index contributed by atoms with van der Waals surface area (Å²) in [5, 5.41) is 0.823. The number of para-hydroxylation sites is 1. The zero-order valence-electron chi connectivity index (χ0n) is 14.6. The molecule has 0 fully saturated rings. The summed E-state index contributed by atoms with van der Waals surface area (Å²) in [4.78, 5) is 18.6. The molecule has 5 heteroatoms. The Morgan fingerprint density at radius 3 is 2.64 bits per heavy atom. The lowest BCUT2D eigenvalue weighted by Crippen LogP contribution is -2.27. The Morgan fingerprint density at radius 2 is 1.88 bits per heavy atom. The van der Waals surface area contributed by atoms with Crippen LogP contribution in [0, 0.1) is 13.8 Å². The maximum absolute atomic E-state index is 12.5. The topological polar surface area (TPSA) is 38.1 Å². The first kappa shape index (κ1) is 17.3. The van der Waals surface area contributed by atoms with Gasteiger partial charge in [0.1, 0.15) is 0 Å². The Balaban J connectivity index is 1.74.